The highest BCUT2D eigenvalue weighted by atomic mass is 35.5. The predicted octanol–water partition coefficient (Wildman–Crippen LogP) is 5.94. The number of likely N-dealkylation sites (tertiary alicyclic amines) is 1. The molecule has 1 amide bonds. The van der Waals surface area contributed by atoms with Gasteiger partial charge in [-0.15, -0.1) is 0 Å². The lowest BCUT2D eigenvalue weighted by molar-refractivity contribution is -0.253. The fourth-order valence-corrected chi connectivity index (χ4v) is 6.11. The van der Waals surface area contributed by atoms with Gasteiger partial charge in [-0.2, -0.15) is 0 Å². The lowest BCUT2D eigenvalue weighted by Gasteiger charge is -2.42. The third-order valence-corrected chi connectivity index (χ3v) is 8.90. The molecule has 0 aromatic heterocycles. The van der Waals surface area contributed by atoms with E-state index in [1.54, 1.807) is 0 Å². The molecule has 2 aliphatic rings. The number of benzene rings is 3. The first-order valence-corrected chi connectivity index (χ1v) is 15.9. The minimum absolute atomic E-state index is 0.0251. The van der Waals surface area contributed by atoms with Crippen LogP contribution >= 0.6 is 11.6 Å². The van der Waals surface area contributed by atoms with Gasteiger partial charge in [0, 0.05) is 55.2 Å². The van der Waals surface area contributed by atoms with E-state index >= 15 is 0 Å². The van der Waals surface area contributed by atoms with Crippen molar-refractivity contribution < 1.29 is 34.4 Å². The number of carboxylic acid groups (broad SMARTS) is 1. The molecule has 0 bridgehead atoms. The molecular weight excluding hydrogens is 596 g/mol. The monoisotopic (exact) mass is 636 g/mol. The number of carbonyl (C=O) groups excluding carboxylic acids is 1. The molecule has 5 rings (SSSR count). The lowest BCUT2D eigenvalue weighted by Crippen LogP contribution is -2.46. The van der Waals surface area contributed by atoms with Crippen LogP contribution in [0, 0.1) is 0 Å². The topological polar surface area (TPSA) is 129 Å². The summed E-state index contributed by atoms with van der Waals surface area (Å²) in [5, 5.41) is 33.1. The number of unbranched alkanes of at least 4 members (excludes halogenated alkanes) is 1. The molecule has 45 heavy (non-hydrogen) atoms. The summed E-state index contributed by atoms with van der Waals surface area (Å²) < 4.78 is 13.0. The quantitative estimate of drug-likeness (QED) is 0.180. The number of nitrogens with one attached hydrogen (secondary N) is 1. The molecule has 4 N–H and O–H groups in total. The summed E-state index contributed by atoms with van der Waals surface area (Å²) in [6.45, 7) is 2.12. The van der Waals surface area contributed by atoms with Crippen LogP contribution in [-0.2, 0) is 31.3 Å². The van der Waals surface area contributed by atoms with Crippen LogP contribution in [0.25, 0.3) is 0 Å². The van der Waals surface area contributed by atoms with E-state index in [1.807, 2.05) is 72.8 Å². The maximum atomic E-state index is 12.3. The number of aliphatic carboxylic acids is 1. The fourth-order valence-electron chi connectivity index (χ4n) is 5.98. The summed E-state index contributed by atoms with van der Waals surface area (Å²) in [6.07, 6.45) is 2.20. The number of nitrogens with zero attached hydrogens (tertiary/aromatic N) is 1. The van der Waals surface area contributed by atoms with Gasteiger partial charge in [0.2, 0.25) is 5.91 Å². The van der Waals surface area contributed by atoms with E-state index < -0.39 is 17.9 Å². The van der Waals surface area contributed by atoms with Crippen molar-refractivity contribution in [1.82, 2.24) is 4.90 Å². The first-order valence-electron chi connectivity index (χ1n) is 15.5. The van der Waals surface area contributed by atoms with Crippen molar-refractivity contribution in [2.75, 3.05) is 25.0 Å². The zero-order valence-electron chi connectivity index (χ0n) is 25.2. The number of aliphatic hydroxyl groups excluding tert-OH is 1. The molecule has 0 spiro atoms. The summed E-state index contributed by atoms with van der Waals surface area (Å²) in [5.74, 6) is -1.02. The molecule has 0 radical (unpaired) electrons. The number of carboxylic acids is 1. The van der Waals surface area contributed by atoms with E-state index in [1.165, 1.54) is 0 Å². The van der Waals surface area contributed by atoms with Crippen LogP contribution in [0.5, 0.6) is 0 Å². The van der Waals surface area contributed by atoms with Gasteiger partial charge in [-0.3, -0.25) is 9.59 Å². The molecule has 9 nitrogen and oxygen atoms in total. The average Bonchev–Trinajstić information content (AvgIpc) is 3.05. The maximum Gasteiger partial charge on any atom is 0.303 e. The number of hydrogen-bond donors (Lipinski definition) is 4. The number of hydrogen-bond acceptors (Lipinski definition) is 7. The molecule has 0 saturated carbocycles. The lowest BCUT2D eigenvalue weighted by atomic mass is 9.84. The molecule has 2 saturated heterocycles. The normalized spacial score (nSPS) is 21.7. The Bertz CT molecular complexity index is 1410. The van der Waals surface area contributed by atoms with Gasteiger partial charge in [0.15, 0.2) is 6.29 Å². The second kappa shape index (κ2) is 15.3. The Kier molecular flexibility index (Phi) is 11.3. The summed E-state index contributed by atoms with van der Waals surface area (Å²) in [4.78, 5) is 25.3. The zero-order chi connectivity index (χ0) is 31.8. The zero-order valence-corrected chi connectivity index (χ0v) is 26.0. The second-order valence-electron chi connectivity index (χ2n) is 12.0. The van der Waals surface area contributed by atoms with Crippen molar-refractivity contribution in [3.05, 3.63) is 100 Å². The van der Waals surface area contributed by atoms with Gasteiger partial charge in [0.1, 0.15) is 0 Å². The van der Waals surface area contributed by atoms with Crippen LogP contribution in [0.1, 0.15) is 79.6 Å². The van der Waals surface area contributed by atoms with E-state index in [0.717, 1.165) is 35.3 Å². The van der Waals surface area contributed by atoms with Crippen LogP contribution in [0.3, 0.4) is 0 Å². The minimum Gasteiger partial charge on any atom is -0.481 e. The van der Waals surface area contributed by atoms with Gasteiger partial charge in [0.25, 0.3) is 0 Å². The summed E-state index contributed by atoms with van der Waals surface area (Å²) in [6, 6.07) is 22.6. The van der Waals surface area contributed by atoms with Crippen molar-refractivity contribution in [3.63, 3.8) is 0 Å². The van der Waals surface area contributed by atoms with Crippen LogP contribution in [-0.4, -0.2) is 57.8 Å². The van der Waals surface area contributed by atoms with Crippen molar-refractivity contribution in [2.45, 2.75) is 75.7 Å². The molecule has 0 unspecified atom stereocenters. The highest BCUT2D eigenvalue weighted by Crippen LogP contribution is 2.39. The van der Waals surface area contributed by atoms with Crippen LogP contribution < -0.4 is 5.32 Å². The van der Waals surface area contributed by atoms with Gasteiger partial charge >= 0.3 is 5.97 Å². The average molecular weight is 637 g/mol. The third kappa shape index (κ3) is 9.13. The second-order valence-corrected chi connectivity index (χ2v) is 12.4. The van der Waals surface area contributed by atoms with Gasteiger partial charge in [-0.25, -0.2) is 0 Å². The van der Waals surface area contributed by atoms with E-state index in [-0.39, 0.29) is 37.6 Å². The number of halogens is 1. The Hall–Kier alpha value is -3.31. The highest BCUT2D eigenvalue weighted by Gasteiger charge is 2.37. The molecule has 3 aromatic rings. The fraction of sp³-hybridized carbons (Fsp3) is 0.429. The van der Waals surface area contributed by atoms with Crippen molar-refractivity contribution in [3.8, 4) is 0 Å². The summed E-state index contributed by atoms with van der Waals surface area (Å²) in [7, 11) is 0. The first-order chi connectivity index (χ1) is 21.7. The highest BCUT2D eigenvalue weighted by molar-refractivity contribution is 6.30. The number of amides is 1. The minimum atomic E-state index is -0.882. The number of piperidine rings is 1. The summed E-state index contributed by atoms with van der Waals surface area (Å²) >= 11 is 6.05. The molecule has 2 fully saturated rings. The number of rotatable bonds is 12. The Balaban J connectivity index is 1.23. The molecule has 3 atom stereocenters. The van der Waals surface area contributed by atoms with Crippen molar-refractivity contribution >= 4 is 29.2 Å². The molecule has 3 aromatic carbocycles. The number of anilines is 1. The van der Waals surface area contributed by atoms with Gasteiger partial charge in [-0.1, -0.05) is 60.1 Å². The smallest absolute Gasteiger partial charge is 0.303 e. The first kappa shape index (κ1) is 33.1. The van der Waals surface area contributed by atoms with Gasteiger partial charge in [0.05, 0.1) is 24.4 Å². The van der Waals surface area contributed by atoms with E-state index in [2.05, 4.69) is 10.2 Å². The molecule has 10 heteroatoms. The third-order valence-electron chi connectivity index (χ3n) is 8.65. The largest absolute Gasteiger partial charge is 0.481 e. The SMILES string of the molecule is O=C(O)CCCCC(=O)Nc1ccc([C@@H]2O[C@H](CN3CCC(O)(c4ccc(Cl)cc4)CC3)C[C@H](c3ccc(CO)cc3)O2)cc1. The molecule has 2 aliphatic heterocycles. The molecule has 2 heterocycles. The van der Waals surface area contributed by atoms with E-state index in [4.69, 9.17) is 26.2 Å². The number of carbonyl (C=O) groups is 2. The Morgan fingerprint density at radius 2 is 1.53 bits per heavy atom. The van der Waals surface area contributed by atoms with Gasteiger partial charge < -0.3 is 35.0 Å². The standard InChI is InChI=1S/C35H41ClN2O7/c36-28-13-11-27(12-14-28)35(43)17-19-38(20-18-35)22-30-21-31(25-7-5-24(23-39)6-8-25)45-34(44-30)26-9-15-29(16-10-26)37-32(40)3-1-2-4-33(41)42/h5-16,30-31,34,39,43H,1-4,17-23H2,(H,37,40)(H,41,42)/t30-,31+,34+/m0/s1. The van der Waals surface area contributed by atoms with Crippen LogP contribution in [0.4, 0.5) is 5.69 Å². The van der Waals surface area contributed by atoms with Crippen LogP contribution in [0.15, 0.2) is 72.8 Å². The van der Waals surface area contributed by atoms with E-state index in [9.17, 15) is 19.8 Å². The molecule has 240 valence electrons. The predicted molar refractivity (Wildman–Crippen MR) is 171 cm³/mol. The maximum absolute atomic E-state index is 12.3. The molecule has 0 aliphatic carbocycles. The van der Waals surface area contributed by atoms with Gasteiger partial charge in [-0.05, 0) is 66.6 Å². The van der Waals surface area contributed by atoms with Crippen molar-refractivity contribution in [1.29, 1.82) is 0 Å². The van der Waals surface area contributed by atoms with Crippen molar-refractivity contribution in [2.24, 2.45) is 0 Å². The Labute approximate surface area is 268 Å². The summed E-state index contributed by atoms with van der Waals surface area (Å²) in [5.41, 5.74) is 3.32. The molecular formula is C35H41ClN2O7. The van der Waals surface area contributed by atoms with E-state index in [0.29, 0.717) is 49.4 Å². The van der Waals surface area contributed by atoms with Crippen LogP contribution in [0.2, 0.25) is 5.02 Å². The number of aliphatic hydroxyl groups is 2. The Morgan fingerprint density at radius 1 is 0.889 bits per heavy atom. The number of ether oxygens (including phenoxy) is 2. The Morgan fingerprint density at radius 3 is 2.18 bits per heavy atom.